The topological polar surface area (TPSA) is 79.5 Å². The Labute approximate surface area is 250 Å². The summed E-state index contributed by atoms with van der Waals surface area (Å²) in [7, 11) is 0. The maximum atomic E-state index is 13.0. The lowest BCUT2D eigenvalue weighted by Crippen LogP contribution is -2.29. The average molecular weight is 596 g/mol. The molecule has 0 saturated carbocycles. The number of unbranched alkanes of at least 4 members (excludes halogenated alkanes) is 8. The van der Waals surface area contributed by atoms with E-state index in [1.165, 1.54) is 57.1 Å². The predicted octanol–water partition coefficient (Wildman–Crippen LogP) is 9.07. The highest BCUT2D eigenvalue weighted by atomic mass is 19.4. The maximum Gasteiger partial charge on any atom is 0.416 e. The summed E-state index contributed by atoms with van der Waals surface area (Å²) in [4.78, 5) is 18.0. The van der Waals surface area contributed by atoms with Crippen molar-refractivity contribution in [1.29, 1.82) is 0 Å². The fourth-order valence-corrected chi connectivity index (χ4v) is 5.40. The molecule has 0 bridgehead atoms. The van der Waals surface area contributed by atoms with Gasteiger partial charge in [-0.1, -0.05) is 106 Å². The second-order valence-corrected chi connectivity index (χ2v) is 11.1. The third kappa shape index (κ3) is 9.64. The van der Waals surface area contributed by atoms with E-state index in [0.29, 0.717) is 23.8 Å². The third-order valence-electron chi connectivity index (χ3n) is 7.66. The third-order valence-corrected chi connectivity index (χ3v) is 7.66. The van der Waals surface area contributed by atoms with Gasteiger partial charge in [0.05, 0.1) is 12.1 Å². The van der Waals surface area contributed by atoms with E-state index in [1.54, 1.807) is 4.90 Å². The van der Waals surface area contributed by atoms with Crippen molar-refractivity contribution >= 4 is 16.7 Å². The molecular weight excluding hydrogens is 555 g/mol. The van der Waals surface area contributed by atoms with Crippen molar-refractivity contribution < 1.29 is 27.6 Å². The van der Waals surface area contributed by atoms with E-state index in [9.17, 15) is 23.1 Å². The number of aliphatic carboxylic acids is 1. The van der Waals surface area contributed by atoms with Gasteiger partial charge in [-0.15, -0.1) is 0 Å². The highest BCUT2D eigenvalue weighted by molar-refractivity contribution is 5.96. The van der Waals surface area contributed by atoms with Crippen molar-refractivity contribution in [2.45, 2.75) is 90.4 Å². The minimum atomic E-state index is -4.42. The molecule has 1 N–H and O–H groups in total. The van der Waals surface area contributed by atoms with Crippen molar-refractivity contribution in [2.24, 2.45) is 0 Å². The minimum Gasteiger partial charge on any atom is -0.480 e. The summed E-state index contributed by atoms with van der Waals surface area (Å²) in [6.45, 7) is 2.45. The fraction of sp³-hybridized carbons (Fsp3) is 0.441. The maximum absolute atomic E-state index is 13.0. The average Bonchev–Trinajstić information content (AvgIpc) is 3.44. The lowest BCUT2D eigenvalue weighted by atomic mass is 9.98. The smallest absolute Gasteiger partial charge is 0.416 e. The lowest BCUT2D eigenvalue weighted by Gasteiger charge is -2.22. The van der Waals surface area contributed by atoms with Crippen LogP contribution in [0.25, 0.3) is 22.2 Å². The summed E-state index contributed by atoms with van der Waals surface area (Å²) in [6, 6.07) is 16.4. The molecule has 0 aliphatic carbocycles. The number of hydrogen-bond acceptors (Lipinski definition) is 5. The Bertz CT molecular complexity index is 1450. The Morgan fingerprint density at radius 2 is 1.49 bits per heavy atom. The van der Waals surface area contributed by atoms with E-state index in [4.69, 9.17) is 4.52 Å². The summed E-state index contributed by atoms with van der Waals surface area (Å²) in [5, 5.41) is 15.6. The van der Waals surface area contributed by atoms with Gasteiger partial charge in [0.25, 0.3) is 5.89 Å². The summed E-state index contributed by atoms with van der Waals surface area (Å²) in [5.74, 6) is 0.120. The number of benzene rings is 3. The Morgan fingerprint density at radius 1 is 0.837 bits per heavy atom. The molecule has 0 spiro atoms. The number of hydrogen-bond donors (Lipinski definition) is 1. The normalized spacial score (nSPS) is 11.9. The zero-order valence-corrected chi connectivity index (χ0v) is 24.7. The Kier molecular flexibility index (Phi) is 11.7. The molecule has 0 fully saturated rings. The highest BCUT2D eigenvalue weighted by Gasteiger charge is 2.30. The molecule has 0 saturated heterocycles. The first-order valence-corrected chi connectivity index (χ1v) is 15.2. The molecule has 43 heavy (non-hydrogen) atoms. The Balaban J connectivity index is 1.42. The summed E-state index contributed by atoms with van der Waals surface area (Å²) in [6.07, 6.45) is 7.57. The van der Waals surface area contributed by atoms with Crippen LogP contribution in [-0.2, 0) is 30.5 Å². The van der Waals surface area contributed by atoms with E-state index in [1.807, 2.05) is 36.4 Å². The van der Waals surface area contributed by atoms with Crippen LogP contribution in [0.4, 0.5) is 13.2 Å². The van der Waals surface area contributed by atoms with E-state index in [0.717, 1.165) is 53.3 Å². The molecule has 0 aliphatic rings. The number of halogens is 3. The van der Waals surface area contributed by atoms with Gasteiger partial charge in [-0.25, -0.2) is 0 Å². The van der Waals surface area contributed by atoms with Crippen LogP contribution >= 0.6 is 0 Å². The summed E-state index contributed by atoms with van der Waals surface area (Å²) >= 11 is 0. The van der Waals surface area contributed by atoms with Gasteiger partial charge in [-0.3, -0.25) is 9.69 Å². The van der Waals surface area contributed by atoms with Gasteiger partial charge in [0.2, 0.25) is 0 Å². The first kappa shape index (κ1) is 32.2. The van der Waals surface area contributed by atoms with Crippen LogP contribution in [0.1, 0.15) is 87.2 Å². The molecule has 9 heteroatoms. The fourth-order valence-electron chi connectivity index (χ4n) is 5.40. The zero-order chi connectivity index (χ0) is 30.7. The van der Waals surface area contributed by atoms with Gasteiger partial charge in [-0.05, 0) is 46.5 Å². The van der Waals surface area contributed by atoms with Crippen LogP contribution in [0.3, 0.4) is 0 Å². The summed E-state index contributed by atoms with van der Waals surface area (Å²) in [5.41, 5.74) is 1.56. The molecule has 0 radical (unpaired) electrons. The Morgan fingerprint density at radius 3 is 2.14 bits per heavy atom. The Hall–Kier alpha value is -3.72. The monoisotopic (exact) mass is 595 g/mol. The number of alkyl halides is 3. The first-order chi connectivity index (χ1) is 20.7. The molecule has 4 rings (SSSR count). The molecule has 1 aromatic heterocycles. The largest absolute Gasteiger partial charge is 0.480 e. The number of carbonyl (C=O) groups is 1. The summed E-state index contributed by atoms with van der Waals surface area (Å²) < 4.78 is 44.6. The van der Waals surface area contributed by atoms with Gasteiger partial charge in [0, 0.05) is 25.1 Å². The molecule has 4 aromatic rings. The number of aryl methyl sites for hydroxylation is 1. The first-order valence-electron chi connectivity index (χ1n) is 15.2. The highest BCUT2D eigenvalue weighted by Crippen LogP contribution is 2.32. The van der Waals surface area contributed by atoms with Crippen LogP contribution in [-0.4, -0.2) is 32.7 Å². The number of aromatic nitrogens is 2. The quantitative estimate of drug-likeness (QED) is 0.123. The van der Waals surface area contributed by atoms with Crippen LogP contribution in [0.2, 0.25) is 0 Å². The second-order valence-electron chi connectivity index (χ2n) is 11.1. The molecule has 0 unspecified atom stereocenters. The van der Waals surface area contributed by atoms with E-state index in [-0.39, 0.29) is 13.1 Å². The molecule has 0 amide bonds. The van der Waals surface area contributed by atoms with E-state index in [2.05, 4.69) is 17.1 Å². The van der Waals surface area contributed by atoms with Crippen molar-refractivity contribution in [2.75, 3.05) is 6.54 Å². The van der Waals surface area contributed by atoms with Crippen molar-refractivity contribution in [1.82, 2.24) is 15.0 Å². The number of carboxylic acid groups (broad SMARTS) is 1. The predicted molar refractivity (Wildman–Crippen MR) is 161 cm³/mol. The number of carboxylic acids is 1. The van der Waals surface area contributed by atoms with Crippen LogP contribution in [0.15, 0.2) is 65.2 Å². The van der Waals surface area contributed by atoms with E-state index < -0.39 is 17.7 Å². The molecule has 0 aliphatic heterocycles. The molecule has 1 heterocycles. The van der Waals surface area contributed by atoms with Gasteiger partial charge in [0.15, 0.2) is 5.82 Å². The van der Waals surface area contributed by atoms with Crippen molar-refractivity contribution in [3.05, 3.63) is 83.2 Å². The molecular formula is C34H40F3N3O3. The van der Waals surface area contributed by atoms with Gasteiger partial charge in [0.1, 0.15) is 0 Å². The van der Waals surface area contributed by atoms with Gasteiger partial charge in [-0.2, -0.15) is 18.2 Å². The lowest BCUT2D eigenvalue weighted by molar-refractivity contribution is -0.139. The number of fused-ring (bicyclic) bond motifs is 1. The molecule has 3 aromatic carbocycles. The van der Waals surface area contributed by atoms with Crippen molar-refractivity contribution in [3.63, 3.8) is 0 Å². The second kappa shape index (κ2) is 15.7. The van der Waals surface area contributed by atoms with Gasteiger partial charge < -0.3 is 9.63 Å². The molecule has 230 valence electrons. The minimum absolute atomic E-state index is 0.187. The molecule has 0 atom stereocenters. The van der Waals surface area contributed by atoms with Crippen LogP contribution in [0, 0.1) is 0 Å². The SMILES string of the molecule is CCCCCCCCCCCc1noc(-c2ccc(CN(CC(=O)O)Cc3ccc(C(F)(F)F)cc3)c3ccccc23)n1. The number of nitrogens with zero attached hydrogens (tertiary/aromatic N) is 3. The van der Waals surface area contributed by atoms with E-state index >= 15 is 0 Å². The van der Waals surface area contributed by atoms with Gasteiger partial charge >= 0.3 is 12.1 Å². The van der Waals surface area contributed by atoms with Crippen molar-refractivity contribution in [3.8, 4) is 11.5 Å². The van der Waals surface area contributed by atoms with Crippen LogP contribution < -0.4 is 0 Å². The molecule has 6 nitrogen and oxygen atoms in total. The standard InChI is InChI=1S/C34H40F3N3O3/c1-2-3-4-5-6-7-8-9-10-15-31-38-33(43-39-31)30-21-18-26(28-13-11-12-14-29(28)30)23-40(24-32(41)42)22-25-16-19-27(20-17-25)34(35,36)37/h11-14,16-21H,2-10,15,22-24H2,1H3,(H,41,42). The zero-order valence-electron chi connectivity index (χ0n) is 24.7. The number of rotatable bonds is 17. The van der Waals surface area contributed by atoms with Crippen LogP contribution in [0.5, 0.6) is 0 Å².